The van der Waals surface area contributed by atoms with E-state index < -0.39 is 5.97 Å². The average Bonchev–Trinajstić information content (AvgIpc) is 3.47. The molecule has 178 valence electrons. The number of ether oxygens (including phenoxy) is 3. The molecule has 0 fully saturated rings. The first-order valence-electron chi connectivity index (χ1n) is 10.8. The lowest BCUT2D eigenvalue weighted by molar-refractivity contribution is 0.0526. The van der Waals surface area contributed by atoms with Crippen molar-refractivity contribution in [2.75, 3.05) is 20.3 Å². The second kappa shape index (κ2) is 10.1. The van der Waals surface area contributed by atoms with E-state index in [1.54, 1.807) is 17.8 Å². The van der Waals surface area contributed by atoms with Crippen LogP contribution in [-0.2, 0) is 11.3 Å². The Kier molecular flexibility index (Phi) is 6.97. The summed E-state index contributed by atoms with van der Waals surface area (Å²) in [6, 6.07) is 3.86. The molecule has 1 aromatic carbocycles. The fourth-order valence-corrected chi connectivity index (χ4v) is 3.62. The van der Waals surface area contributed by atoms with Crippen molar-refractivity contribution < 1.29 is 19.0 Å². The quantitative estimate of drug-likeness (QED) is 0.260. The molecule has 0 unspecified atom stereocenters. The molecule has 0 spiro atoms. The number of nitrogens with zero attached hydrogens (tertiary/aromatic N) is 6. The number of hydrogen-bond acceptors (Lipinski definition) is 8. The fourth-order valence-electron chi connectivity index (χ4n) is 3.51. The Balaban J connectivity index is 1.48. The smallest absolute Gasteiger partial charge is 0.341 e. The van der Waals surface area contributed by atoms with Gasteiger partial charge in [-0.1, -0.05) is 11.6 Å². The van der Waals surface area contributed by atoms with Crippen LogP contribution in [0.2, 0.25) is 5.02 Å². The van der Waals surface area contributed by atoms with E-state index in [-0.39, 0.29) is 12.6 Å². The summed E-state index contributed by atoms with van der Waals surface area (Å²) in [5, 5.41) is 9.37. The number of hydrogen-bond donors (Lipinski definition) is 0. The van der Waals surface area contributed by atoms with Crippen molar-refractivity contribution in [1.29, 1.82) is 0 Å². The Morgan fingerprint density at radius 3 is 2.59 bits per heavy atom. The summed E-state index contributed by atoms with van der Waals surface area (Å²) in [7, 11) is 1.53. The maximum Gasteiger partial charge on any atom is 0.341 e. The molecule has 0 atom stereocenters. The Bertz CT molecular complexity index is 1310. The number of benzene rings is 1. The molecule has 3 aromatic heterocycles. The van der Waals surface area contributed by atoms with E-state index in [1.807, 2.05) is 26.0 Å². The van der Waals surface area contributed by atoms with Gasteiger partial charge in [0, 0.05) is 24.2 Å². The van der Waals surface area contributed by atoms with Crippen LogP contribution in [-0.4, -0.2) is 55.8 Å². The van der Waals surface area contributed by atoms with Gasteiger partial charge in [0.15, 0.2) is 0 Å². The van der Waals surface area contributed by atoms with Crippen LogP contribution >= 0.6 is 11.6 Å². The first-order valence-corrected chi connectivity index (χ1v) is 11.2. The zero-order valence-corrected chi connectivity index (χ0v) is 20.2. The van der Waals surface area contributed by atoms with Gasteiger partial charge in [-0.25, -0.2) is 14.5 Å². The summed E-state index contributed by atoms with van der Waals surface area (Å²) < 4.78 is 19.6. The van der Waals surface area contributed by atoms with Gasteiger partial charge in [-0.2, -0.15) is 15.2 Å². The zero-order valence-electron chi connectivity index (χ0n) is 19.4. The third kappa shape index (κ3) is 4.81. The molecule has 0 amide bonds. The van der Waals surface area contributed by atoms with Gasteiger partial charge < -0.3 is 14.2 Å². The Morgan fingerprint density at radius 2 is 1.88 bits per heavy atom. The average molecular weight is 485 g/mol. The first-order chi connectivity index (χ1) is 16.4. The highest BCUT2D eigenvalue weighted by Crippen LogP contribution is 2.26. The standard InChI is InChI=1S/C23H25ClN6O4/c1-5-33-22(31)16-11-25-30(13-16)23-27-18-12-26-29(20(18)21(28-23)32-4)7-6-8-34-17-9-14(2)19(24)15(3)10-17/h9-13H,5-8H2,1-4H3. The lowest BCUT2D eigenvalue weighted by atomic mass is 10.1. The number of fused-ring (bicyclic) bond motifs is 1. The number of rotatable bonds is 9. The predicted molar refractivity (Wildman–Crippen MR) is 126 cm³/mol. The topological polar surface area (TPSA) is 106 Å². The van der Waals surface area contributed by atoms with E-state index >= 15 is 0 Å². The summed E-state index contributed by atoms with van der Waals surface area (Å²) in [5.74, 6) is 0.948. The van der Waals surface area contributed by atoms with Crippen molar-refractivity contribution in [3.63, 3.8) is 0 Å². The van der Waals surface area contributed by atoms with Gasteiger partial charge >= 0.3 is 5.97 Å². The maximum absolute atomic E-state index is 11.9. The first kappa shape index (κ1) is 23.5. The van der Waals surface area contributed by atoms with E-state index in [0.29, 0.717) is 42.0 Å². The Hall–Kier alpha value is -3.66. The Morgan fingerprint density at radius 1 is 1.12 bits per heavy atom. The maximum atomic E-state index is 11.9. The molecule has 11 heteroatoms. The summed E-state index contributed by atoms with van der Waals surface area (Å²) in [4.78, 5) is 20.9. The normalized spacial score (nSPS) is 11.1. The molecule has 4 aromatic rings. The SMILES string of the molecule is CCOC(=O)c1cnn(-c2nc(OC)c3c(cnn3CCCOc3cc(C)c(Cl)c(C)c3)n2)c1. The molecule has 0 saturated heterocycles. The molecular weight excluding hydrogens is 460 g/mol. The van der Waals surface area contributed by atoms with Crippen LogP contribution < -0.4 is 9.47 Å². The van der Waals surface area contributed by atoms with Gasteiger partial charge in [-0.3, -0.25) is 4.68 Å². The van der Waals surface area contributed by atoms with Gasteiger partial charge in [-0.15, -0.1) is 0 Å². The van der Waals surface area contributed by atoms with Gasteiger partial charge in [0.1, 0.15) is 16.8 Å². The third-order valence-electron chi connectivity index (χ3n) is 5.13. The number of esters is 1. The number of halogens is 1. The van der Waals surface area contributed by atoms with Crippen molar-refractivity contribution in [1.82, 2.24) is 29.5 Å². The second-order valence-electron chi connectivity index (χ2n) is 7.60. The molecule has 0 aliphatic carbocycles. The van der Waals surface area contributed by atoms with Crippen LogP contribution in [0.5, 0.6) is 11.6 Å². The van der Waals surface area contributed by atoms with Crippen molar-refractivity contribution in [3.05, 3.63) is 52.4 Å². The lowest BCUT2D eigenvalue weighted by Gasteiger charge is -2.11. The lowest BCUT2D eigenvalue weighted by Crippen LogP contribution is -2.09. The van der Waals surface area contributed by atoms with Crippen molar-refractivity contribution in [2.45, 2.75) is 33.7 Å². The molecule has 4 rings (SSSR count). The van der Waals surface area contributed by atoms with Crippen LogP contribution in [0.3, 0.4) is 0 Å². The zero-order chi connectivity index (χ0) is 24.2. The molecule has 0 saturated carbocycles. The fraction of sp³-hybridized carbons (Fsp3) is 0.348. The van der Waals surface area contributed by atoms with E-state index in [0.717, 1.165) is 21.9 Å². The van der Waals surface area contributed by atoms with Crippen LogP contribution in [0.1, 0.15) is 34.8 Å². The second-order valence-corrected chi connectivity index (χ2v) is 7.98. The third-order valence-corrected chi connectivity index (χ3v) is 5.73. The highest BCUT2D eigenvalue weighted by atomic mass is 35.5. The van der Waals surface area contributed by atoms with E-state index in [1.165, 1.54) is 24.2 Å². The molecule has 0 aliphatic heterocycles. The van der Waals surface area contributed by atoms with Gasteiger partial charge in [0.05, 0.1) is 38.3 Å². The highest BCUT2D eigenvalue weighted by Gasteiger charge is 2.17. The monoisotopic (exact) mass is 484 g/mol. The molecule has 0 N–H and O–H groups in total. The minimum atomic E-state index is -0.458. The number of carbonyl (C=O) groups is 1. The molecule has 3 heterocycles. The summed E-state index contributed by atoms with van der Waals surface area (Å²) in [6.07, 6.45) is 5.28. The van der Waals surface area contributed by atoms with Crippen LogP contribution in [0.15, 0.2) is 30.7 Å². The van der Waals surface area contributed by atoms with E-state index in [4.69, 9.17) is 25.8 Å². The number of carbonyl (C=O) groups excluding carboxylic acids is 1. The van der Waals surface area contributed by atoms with E-state index in [2.05, 4.69) is 20.2 Å². The summed E-state index contributed by atoms with van der Waals surface area (Å²) >= 11 is 6.22. The van der Waals surface area contributed by atoms with Gasteiger partial charge in [-0.05, 0) is 44.0 Å². The summed E-state index contributed by atoms with van der Waals surface area (Å²) in [6.45, 7) is 7.03. The predicted octanol–water partition coefficient (Wildman–Crippen LogP) is 3.94. The van der Waals surface area contributed by atoms with Crippen molar-refractivity contribution in [2.24, 2.45) is 0 Å². The molecule has 34 heavy (non-hydrogen) atoms. The minimum absolute atomic E-state index is 0.260. The molecule has 10 nitrogen and oxygen atoms in total. The largest absolute Gasteiger partial charge is 0.494 e. The molecular formula is C23H25ClN6O4. The Labute approximate surface area is 201 Å². The van der Waals surface area contributed by atoms with Crippen LogP contribution in [0.4, 0.5) is 0 Å². The van der Waals surface area contributed by atoms with E-state index in [9.17, 15) is 4.79 Å². The number of aromatic nitrogens is 6. The minimum Gasteiger partial charge on any atom is -0.494 e. The van der Waals surface area contributed by atoms with Crippen molar-refractivity contribution >= 4 is 28.6 Å². The van der Waals surface area contributed by atoms with Crippen LogP contribution in [0.25, 0.3) is 17.0 Å². The number of aryl methyl sites for hydroxylation is 3. The van der Waals surface area contributed by atoms with Crippen molar-refractivity contribution in [3.8, 4) is 17.6 Å². The number of methoxy groups -OCH3 is 1. The van der Waals surface area contributed by atoms with Crippen LogP contribution in [0, 0.1) is 13.8 Å². The van der Waals surface area contributed by atoms with Gasteiger partial charge in [0.2, 0.25) is 5.88 Å². The molecule has 0 radical (unpaired) electrons. The highest BCUT2D eigenvalue weighted by molar-refractivity contribution is 6.32. The van der Waals surface area contributed by atoms with Gasteiger partial charge in [0.25, 0.3) is 5.95 Å². The molecule has 0 aliphatic rings. The summed E-state index contributed by atoms with van der Waals surface area (Å²) in [5.41, 5.74) is 3.55. The molecule has 0 bridgehead atoms.